The van der Waals surface area contributed by atoms with Crippen molar-refractivity contribution in [3.8, 4) is 0 Å². The molecule has 2 N–H and O–H groups in total. The summed E-state index contributed by atoms with van der Waals surface area (Å²) in [6.07, 6.45) is 4.04. The number of piperidine rings is 1. The Labute approximate surface area is 138 Å². The van der Waals surface area contributed by atoms with Crippen LogP contribution in [-0.4, -0.2) is 43.7 Å². The second-order valence-electron chi connectivity index (χ2n) is 6.40. The first-order valence-corrected chi connectivity index (χ1v) is 8.62. The van der Waals surface area contributed by atoms with Gasteiger partial charge in [0.05, 0.1) is 0 Å². The van der Waals surface area contributed by atoms with Crippen molar-refractivity contribution in [1.82, 2.24) is 15.5 Å². The molecule has 0 unspecified atom stereocenters. The van der Waals surface area contributed by atoms with Crippen LogP contribution in [0.5, 0.6) is 0 Å². The summed E-state index contributed by atoms with van der Waals surface area (Å²) in [5, 5.41) is 5.63. The first-order chi connectivity index (χ1) is 11.1. The summed E-state index contributed by atoms with van der Waals surface area (Å²) in [6.45, 7) is 6.83. The van der Waals surface area contributed by atoms with Crippen LogP contribution in [0.2, 0.25) is 0 Å². The molecule has 0 aromatic heterocycles. The third-order valence-electron chi connectivity index (χ3n) is 4.45. The van der Waals surface area contributed by atoms with E-state index in [2.05, 4.69) is 22.5 Å². The van der Waals surface area contributed by atoms with Gasteiger partial charge >= 0.3 is 6.03 Å². The third-order valence-corrected chi connectivity index (χ3v) is 4.45. The second kappa shape index (κ2) is 9.50. The number of benzene rings is 1. The number of hydrogen-bond donors (Lipinski definition) is 2. The van der Waals surface area contributed by atoms with Gasteiger partial charge in [0.15, 0.2) is 0 Å². The monoisotopic (exact) mass is 321 g/mol. The van der Waals surface area contributed by atoms with E-state index in [0.717, 1.165) is 18.9 Å². The Morgan fingerprint density at radius 1 is 1.22 bits per heavy atom. The van der Waals surface area contributed by atoms with E-state index in [1.165, 1.54) is 32.0 Å². The number of carbonyl (C=O) groups is 1. The molecule has 0 aliphatic carbocycles. The van der Waals surface area contributed by atoms with Crippen LogP contribution in [0.4, 0.5) is 9.18 Å². The van der Waals surface area contributed by atoms with Crippen molar-refractivity contribution < 1.29 is 9.18 Å². The van der Waals surface area contributed by atoms with Crippen LogP contribution < -0.4 is 10.6 Å². The van der Waals surface area contributed by atoms with Gasteiger partial charge in [0.25, 0.3) is 0 Å². The van der Waals surface area contributed by atoms with Crippen LogP contribution in [-0.2, 0) is 6.42 Å². The van der Waals surface area contributed by atoms with E-state index in [9.17, 15) is 9.18 Å². The van der Waals surface area contributed by atoms with E-state index >= 15 is 0 Å². The minimum atomic E-state index is -0.217. The standard InChI is InChI=1S/C18H28FN3O/c1-15-8-13-22(14-9-15)12-4-10-20-18(23)21-11-7-16-5-2-3-6-17(16)19/h2-3,5-6,15H,4,7-14H2,1H3,(H2,20,21,23). The summed E-state index contributed by atoms with van der Waals surface area (Å²) < 4.78 is 13.4. The van der Waals surface area contributed by atoms with Gasteiger partial charge in [0.1, 0.15) is 5.82 Å². The van der Waals surface area contributed by atoms with Crippen molar-refractivity contribution in [3.63, 3.8) is 0 Å². The number of rotatable bonds is 7. The molecule has 0 spiro atoms. The Hall–Kier alpha value is -1.62. The maximum absolute atomic E-state index is 13.4. The number of likely N-dealkylation sites (tertiary alicyclic amines) is 1. The Kier molecular flexibility index (Phi) is 7.33. The smallest absolute Gasteiger partial charge is 0.314 e. The van der Waals surface area contributed by atoms with E-state index < -0.39 is 0 Å². The lowest BCUT2D eigenvalue weighted by atomic mass is 9.99. The average molecular weight is 321 g/mol. The average Bonchev–Trinajstić information content (AvgIpc) is 2.55. The fourth-order valence-corrected chi connectivity index (χ4v) is 2.86. The van der Waals surface area contributed by atoms with Crippen LogP contribution >= 0.6 is 0 Å². The SMILES string of the molecule is CC1CCN(CCCNC(=O)NCCc2ccccc2F)CC1. The molecule has 2 rings (SSSR count). The largest absolute Gasteiger partial charge is 0.338 e. The lowest BCUT2D eigenvalue weighted by Crippen LogP contribution is -2.39. The first-order valence-electron chi connectivity index (χ1n) is 8.62. The molecule has 2 amide bonds. The van der Waals surface area contributed by atoms with Crippen molar-refractivity contribution in [3.05, 3.63) is 35.6 Å². The highest BCUT2D eigenvalue weighted by Gasteiger charge is 2.14. The molecule has 1 saturated heterocycles. The molecule has 0 bridgehead atoms. The Morgan fingerprint density at radius 3 is 2.65 bits per heavy atom. The van der Waals surface area contributed by atoms with E-state index in [-0.39, 0.29) is 11.8 Å². The number of amides is 2. The molecule has 0 saturated carbocycles. The minimum Gasteiger partial charge on any atom is -0.338 e. The Balaban J connectivity index is 1.51. The zero-order valence-corrected chi connectivity index (χ0v) is 14.0. The van der Waals surface area contributed by atoms with E-state index in [4.69, 9.17) is 0 Å². The lowest BCUT2D eigenvalue weighted by Gasteiger charge is -2.30. The molecule has 23 heavy (non-hydrogen) atoms. The number of urea groups is 1. The molecule has 1 aliphatic rings. The van der Waals surface area contributed by atoms with E-state index in [1.807, 2.05) is 0 Å². The summed E-state index contributed by atoms with van der Waals surface area (Å²) in [5.41, 5.74) is 0.632. The summed E-state index contributed by atoms with van der Waals surface area (Å²) in [7, 11) is 0. The van der Waals surface area contributed by atoms with Crippen molar-refractivity contribution in [2.24, 2.45) is 5.92 Å². The van der Waals surface area contributed by atoms with Crippen molar-refractivity contribution >= 4 is 6.03 Å². The molecule has 1 heterocycles. The molecule has 128 valence electrons. The van der Waals surface area contributed by atoms with Gasteiger partial charge in [-0.3, -0.25) is 0 Å². The molecular weight excluding hydrogens is 293 g/mol. The zero-order chi connectivity index (χ0) is 16.5. The van der Waals surface area contributed by atoms with E-state index in [1.54, 1.807) is 18.2 Å². The highest BCUT2D eigenvalue weighted by atomic mass is 19.1. The summed E-state index contributed by atoms with van der Waals surface area (Å²) in [4.78, 5) is 14.2. The molecule has 0 radical (unpaired) electrons. The van der Waals surface area contributed by atoms with Gasteiger partial charge in [-0.25, -0.2) is 9.18 Å². The van der Waals surface area contributed by atoms with Crippen molar-refractivity contribution in [1.29, 1.82) is 0 Å². The maximum atomic E-state index is 13.4. The van der Waals surface area contributed by atoms with Crippen molar-refractivity contribution in [2.75, 3.05) is 32.7 Å². The summed E-state index contributed by atoms with van der Waals surface area (Å²) >= 11 is 0. The predicted molar refractivity (Wildman–Crippen MR) is 91.0 cm³/mol. The third kappa shape index (κ3) is 6.57. The van der Waals surface area contributed by atoms with Crippen LogP contribution in [0.3, 0.4) is 0 Å². The van der Waals surface area contributed by atoms with Gasteiger partial charge in [-0.2, -0.15) is 0 Å². The molecule has 5 heteroatoms. The maximum Gasteiger partial charge on any atom is 0.314 e. The number of carbonyl (C=O) groups excluding carboxylic acids is 1. The van der Waals surface area contributed by atoms with Crippen LogP contribution in [0.1, 0.15) is 31.7 Å². The molecular formula is C18H28FN3O. The molecule has 1 aromatic rings. The van der Waals surface area contributed by atoms with Gasteiger partial charge in [0, 0.05) is 13.1 Å². The number of nitrogens with one attached hydrogen (secondary N) is 2. The fourth-order valence-electron chi connectivity index (χ4n) is 2.86. The predicted octanol–water partition coefficient (Wildman–Crippen LogP) is 2.79. The highest BCUT2D eigenvalue weighted by Crippen LogP contribution is 2.15. The Morgan fingerprint density at radius 2 is 1.91 bits per heavy atom. The van der Waals surface area contributed by atoms with Gasteiger partial charge in [-0.1, -0.05) is 25.1 Å². The van der Waals surface area contributed by atoms with Gasteiger partial charge in [0.2, 0.25) is 0 Å². The number of halogens is 1. The molecule has 1 fully saturated rings. The second-order valence-corrected chi connectivity index (χ2v) is 6.40. The van der Waals surface area contributed by atoms with Gasteiger partial charge < -0.3 is 15.5 Å². The van der Waals surface area contributed by atoms with Crippen molar-refractivity contribution in [2.45, 2.75) is 32.6 Å². The summed E-state index contributed by atoms with van der Waals surface area (Å²) in [6, 6.07) is 6.49. The zero-order valence-electron chi connectivity index (χ0n) is 14.0. The Bertz CT molecular complexity index is 487. The van der Waals surface area contributed by atoms with Gasteiger partial charge in [-0.15, -0.1) is 0 Å². The number of nitrogens with zero attached hydrogens (tertiary/aromatic N) is 1. The summed E-state index contributed by atoms with van der Waals surface area (Å²) in [5.74, 6) is 0.634. The topological polar surface area (TPSA) is 44.4 Å². The quantitative estimate of drug-likeness (QED) is 0.759. The first kappa shape index (κ1) is 17.7. The molecule has 1 aliphatic heterocycles. The lowest BCUT2D eigenvalue weighted by molar-refractivity contribution is 0.190. The van der Waals surface area contributed by atoms with Crippen LogP contribution in [0, 0.1) is 11.7 Å². The van der Waals surface area contributed by atoms with E-state index in [0.29, 0.717) is 25.1 Å². The van der Waals surface area contributed by atoms with Crippen LogP contribution in [0.25, 0.3) is 0 Å². The fraction of sp³-hybridized carbons (Fsp3) is 0.611. The van der Waals surface area contributed by atoms with Crippen LogP contribution in [0.15, 0.2) is 24.3 Å². The van der Waals surface area contributed by atoms with Gasteiger partial charge in [-0.05, 0) is 62.9 Å². The number of hydrogen-bond acceptors (Lipinski definition) is 2. The molecule has 0 atom stereocenters. The normalized spacial score (nSPS) is 16.3. The highest BCUT2D eigenvalue weighted by molar-refractivity contribution is 5.73. The molecule has 1 aromatic carbocycles. The minimum absolute atomic E-state index is 0.173. The molecule has 4 nitrogen and oxygen atoms in total.